The van der Waals surface area contributed by atoms with Crippen LogP contribution in [-0.2, 0) is 4.74 Å². The van der Waals surface area contributed by atoms with Gasteiger partial charge >= 0.3 is 0 Å². The second kappa shape index (κ2) is 6.59. The lowest BCUT2D eigenvalue weighted by atomic mass is 10.1. The van der Waals surface area contributed by atoms with Crippen LogP contribution in [0, 0.1) is 0 Å². The number of nitrogens with zero attached hydrogens (tertiary/aromatic N) is 1. The van der Waals surface area contributed by atoms with E-state index >= 15 is 0 Å². The summed E-state index contributed by atoms with van der Waals surface area (Å²) in [5.41, 5.74) is 2.27. The molecule has 2 heterocycles. The van der Waals surface area contributed by atoms with Gasteiger partial charge in [0.15, 0.2) is 0 Å². The third-order valence-corrected chi connectivity index (χ3v) is 3.52. The molecular formula is C16H20N2O2. The zero-order valence-electron chi connectivity index (χ0n) is 11.5. The van der Waals surface area contributed by atoms with Gasteiger partial charge in [0.2, 0.25) is 0 Å². The topological polar surface area (TPSA) is 37.5 Å². The second-order valence-electron chi connectivity index (χ2n) is 4.91. The Morgan fingerprint density at radius 2 is 2.05 bits per heavy atom. The Kier molecular flexibility index (Phi) is 4.35. The maximum absolute atomic E-state index is 5.85. The van der Waals surface area contributed by atoms with Crippen molar-refractivity contribution in [1.82, 2.24) is 9.88 Å². The van der Waals surface area contributed by atoms with Crippen LogP contribution in [0.2, 0.25) is 0 Å². The van der Waals surface area contributed by atoms with Crippen molar-refractivity contribution >= 4 is 0 Å². The van der Waals surface area contributed by atoms with Crippen LogP contribution in [-0.4, -0.2) is 49.3 Å². The molecule has 106 valence electrons. The lowest BCUT2D eigenvalue weighted by Gasteiger charge is -2.26. The number of nitrogens with one attached hydrogen (secondary N) is 1. The molecule has 2 aromatic rings. The second-order valence-corrected chi connectivity index (χ2v) is 4.91. The first-order chi connectivity index (χ1) is 9.92. The molecule has 1 aliphatic rings. The fourth-order valence-corrected chi connectivity index (χ4v) is 2.38. The third kappa shape index (κ3) is 3.40. The first-order valence-corrected chi connectivity index (χ1v) is 7.08. The average molecular weight is 272 g/mol. The monoisotopic (exact) mass is 272 g/mol. The minimum Gasteiger partial charge on any atom is -0.492 e. The maximum atomic E-state index is 5.85. The molecule has 1 aliphatic heterocycles. The Morgan fingerprint density at radius 3 is 2.85 bits per heavy atom. The number of benzene rings is 1. The van der Waals surface area contributed by atoms with E-state index in [1.807, 2.05) is 24.4 Å². The van der Waals surface area contributed by atoms with Crippen LogP contribution in [0.15, 0.2) is 42.6 Å². The van der Waals surface area contributed by atoms with Crippen LogP contribution in [0.1, 0.15) is 0 Å². The molecule has 0 atom stereocenters. The van der Waals surface area contributed by atoms with Crippen molar-refractivity contribution in [1.29, 1.82) is 0 Å². The number of rotatable bonds is 5. The Balaban J connectivity index is 1.53. The van der Waals surface area contributed by atoms with Crippen molar-refractivity contribution in [2.75, 3.05) is 39.5 Å². The van der Waals surface area contributed by atoms with Crippen LogP contribution in [0.4, 0.5) is 0 Å². The number of aromatic amines is 1. The van der Waals surface area contributed by atoms with Crippen molar-refractivity contribution in [2.45, 2.75) is 0 Å². The van der Waals surface area contributed by atoms with E-state index in [1.54, 1.807) is 0 Å². The van der Waals surface area contributed by atoms with Crippen LogP contribution in [0.5, 0.6) is 5.75 Å². The molecule has 1 fully saturated rings. The number of ether oxygens (including phenoxy) is 2. The molecule has 1 aromatic heterocycles. The molecule has 1 aromatic carbocycles. The van der Waals surface area contributed by atoms with E-state index in [4.69, 9.17) is 9.47 Å². The first-order valence-electron chi connectivity index (χ1n) is 7.08. The zero-order chi connectivity index (χ0) is 13.6. The van der Waals surface area contributed by atoms with E-state index < -0.39 is 0 Å². The minimum atomic E-state index is 0.716. The number of H-pyrrole nitrogens is 1. The molecular weight excluding hydrogens is 252 g/mol. The number of aromatic nitrogens is 1. The fourth-order valence-electron chi connectivity index (χ4n) is 2.38. The molecule has 0 spiro atoms. The van der Waals surface area contributed by atoms with Gasteiger partial charge < -0.3 is 14.5 Å². The highest BCUT2D eigenvalue weighted by atomic mass is 16.5. The lowest BCUT2D eigenvalue weighted by Crippen LogP contribution is -2.38. The lowest BCUT2D eigenvalue weighted by molar-refractivity contribution is 0.0322. The number of morpholine rings is 1. The molecule has 0 bridgehead atoms. The number of hydrogen-bond donors (Lipinski definition) is 1. The zero-order valence-corrected chi connectivity index (χ0v) is 11.5. The van der Waals surface area contributed by atoms with Crippen molar-refractivity contribution in [3.8, 4) is 17.0 Å². The van der Waals surface area contributed by atoms with E-state index in [-0.39, 0.29) is 0 Å². The van der Waals surface area contributed by atoms with Gasteiger partial charge in [-0.25, -0.2) is 0 Å². The summed E-state index contributed by atoms with van der Waals surface area (Å²) in [7, 11) is 0. The quantitative estimate of drug-likeness (QED) is 0.908. The van der Waals surface area contributed by atoms with Gasteiger partial charge in [0.05, 0.1) is 13.2 Å². The Labute approximate surface area is 119 Å². The van der Waals surface area contributed by atoms with Crippen LogP contribution in [0.25, 0.3) is 11.3 Å². The van der Waals surface area contributed by atoms with Crippen molar-refractivity contribution in [3.05, 3.63) is 42.6 Å². The smallest absolute Gasteiger partial charge is 0.120 e. The molecule has 0 radical (unpaired) electrons. The van der Waals surface area contributed by atoms with Gasteiger partial charge in [0, 0.05) is 37.1 Å². The first kappa shape index (κ1) is 13.2. The molecule has 0 saturated carbocycles. The molecule has 1 N–H and O–H groups in total. The largest absolute Gasteiger partial charge is 0.492 e. The van der Waals surface area contributed by atoms with E-state index in [1.165, 1.54) is 0 Å². The van der Waals surface area contributed by atoms with Gasteiger partial charge in [-0.05, 0) is 24.3 Å². The maximum Gasteiger partial charge on any atom is 0.120 e. The van der Waals surface area contributed by atoms with Crippen LogP contribution >= 0.6 is 0 Å². The average Bonchev–Trinajstić information content (AvgIpc) is 3.03. The summed E-state index contributed by atoms with van der Waals surface area (Å²) in [5, 5.41) is 0. The summed E-state index contributed by atoms with van der Waals surface area (Å²) in [6.07, 6.45) is 1.93. The summed E-state index contributed by atoms with van der Waals surface area (Å²) in [6.45, 7) is 5.35. The fraction of sp³-hybridized carbons (Fsp3) is 0.375. The molecule has 4 heteroatoms. The predicted molar refractivity (Wildman–Crippen MR) is 79.0 cm³/mol. The summed E-state index contributed by atoms with van der Waals surface area (Å²) >= 11 is 0. The van der Waals surface area contributed by atoms with E-state index in [0.29, 0.717) is 6.61 Å². The van der Waals surface area contributed by atoms with Gasteiger partial charge in [-0.3, -0.25) is 4.90 Å². The summed E-state index contributed by atoms with van der Waals surface area (Å²) < 4.78 is 11.2. The Bertz CT molecular complexity index is 519. The summed E-state index contributed by atoms with van der Waals surface area (Å²) in [6, 6.07) is 12.3. The third-order valence-electron chi connectivity index (χ3n) is 3.52. The van der Waals surface area contributed by atoms with Crippen molar-refractivity contribution in [2.24, 2.45) is 0 Å². The standard InChI is InChI=1S/C16H20N2O2/c1-3-14(16-5-2-6-17-16)13-15(4-1)20-12-9-18-7-10-19-11-8-18/h1-6,13,17H,7-12H2. The molecule has 4 nitrogen and oxygen atoms in total. The van der Waals surface area contributed by atoms with E-state index in [9.17, 15) is 0 Å². The highest BCUT2D eigenvalue weighted by Gasteiger charge is 2.09. The molecule has 20 heavy (non-hydrogen) atoms. The molecule has 3 rings (SSSR count). The number of hydrogen-bond acceptors (Lipinski definition) is 3. The van der Waals surface area contributed by atoms with Gasteiger partial charge in [-0.2, -0.15) is 0 Å². The molecule has 0 amide bonds. The molecule has 0 aliphatic carbocycles. The summed E-state index contributed by atoms with van der Waals surface area (Å²) in [5.74, 6) is 0.922. The predicted octanol–water partition coefficient (Wildman–Crippen LogP) is 2.39. The Morgan fingerprint density at radius 1 is 1.15 bits per heavy atom. The van der Waals surface area contributed by atoms with E-state index in [2.05, 4.69) is 28.1 Å². The van der Waals surface area contributed by atoms with Crippen LogP contribution < -0.4 is 4.74 Å². The van der Waals surface area contributed by atoms with Crippen LogP contribution in [0.3, 0.4) is 0 Å². The van der Waals surface area contributed by atoms with Crippen molar-refractivity contribution in [3.63, 3.8) is 0 Å². The highest BCUT2D eigenvalue weighted by Crippen LogP contribution is 2.22. The van der Waals surface area contributed by atoms with E-state index in [0.717, 1.165) is 49.9 Å². The minimum absolute atomic E-state index is 0.716. The van der Waals surface area contributed by atoms with Gasteiger partial charge in [0.25, 0.3) is 0 Å². The Hall–Kier alpha value is -1.78. The molecule has 0 unspecified atom stereocenters. The van der Waals surface area contributed by atoms with Gasteiger partial charge in [-0.1, -0.05) is 12.1 Å². The SMILES string of the molecule is c1cc(OCCN2CCOCC2)cc(-c2ccc[nH]2)c1. The summed E-state index contributed by atoms with van der Waals surface area (Å²) in [4.78, 5) is 5.58. The highest BCUT2D eigenvalue weighted by molar-refractivity contribution is 5.61. The normalized spacial score (nSPS) is 16.2. The van der Waals surface area contributed by atoms with Gasteiger partial charge in [0.1, 0.15) is 12.4 Å². The van der Waals surface area contributed by atoms with Crippen molar-refractivity contribution < 1.29 is 9.47 Å². The van der Waals surface area contributed by atoms with Gasteiger partial charge in [-0.15, -0.1) is 0 Å². The molecule has 1 saturated heterocycles.